The van der Waals surface area contributed by atoms with Crippen LogP contribution in [0.2, 0.25) is 0 Å². The zero-order chi connectivity index (χ0) is 20.1. The van der Waals surface area contributed by atoms with Gasteiger partial charge in [-0.3, -0.25) is 4.98 Å². The molecule has 0 saturated carbocycles. The van der Waals surface area contributed by atoms with E-state index < -0.39 is 0 Å². The number of rotatable bonds is 7. The van der Waals surface area contributed by atoms with Crippen molar-refractivity contribution in [2.75, 3.05) is 13.6 Å². The van der Waals surface area contributed by atoms with Gasteiger partial charge < -0.3 is 10.6 Å². The van der Waals surface area contributed by atoms with Crippen LogP contribution >= 0.6 is 11.3 Å². The number of thiazole rings is 1. The van der Waals surface area contributed by atoms with Crippen LogP contribution in [0.25, 0.3) is 11.3 Å². The predicted octanol–water partition coefficient (Wildman–Crippen LogP) is 4.48. The number of nitrogens with zero attached hydrogens (tertiary/aromatic N) is 4. The number of hydrogen-bond donors (Lipinski definition) is 1. The summed E-state index contributed by atoms with van der Waals surface area (Å²) in [5.41, 5.74) is 13.0. The molecular formula is C22H27N5S. The van der Waals surface area contributed by atoms with Crippen molar-refractivity contribution >= 4 is 23.4 Å². The normalized spacial score (nSPS) is 11.3. The van der Waals surface area contributed by atoms with Crippen molar-refractivity contribution in [3.05, 3.63) is 63.2 Å². The Balaban J connectivity index is 1.77. The fourth-order valence-electron chi connectivity index (χ4n) is 2.77. The van der Waals surface area contributed by atoms with Crippen LogP contribution in [0.3, 0.4) is 0 Å². The minimum atomic E-state index is 0.557. The summed E-state index contributed by atoms with van der Waals surface area (Å²) in [6.07, 6.45) is 2.59. The van der Waals surface area contributed by atoms with Gasteiger partial charge in [-0.15, -0.1) is 11.3 Å². The molecule has 28 heavy (non-hydrogen) atoms. The third kappa shape index (κ3) is 4.82. The first kappa shape index (κ1) is 20.2. The van der Waals surface area contributed by atoms with Crippen LogP contribution < -0.4 is 5.73 Å². The SMILES string of the molecule is CCN(C)C=Nc1cc(C)c(Cc2nc(-c3ccc(CN)cc3)cs2)nc1C. The first-order valence-electron chi connectivity index (χ1n) is 9.45. The molecule has 2 heterocycles. The third-order valence-corrected chi connectivity index (χ3v) is 5.58. The van der Waals surface area contributed by atoms with E-state index in [2.05, 4.69) is 54.6 Å². The first-order chi connectivity index (χ1) is 13.5. The second kappa shape index (κ2) is 9.08. The van der Waals surface area contributed by atoms with Gasteiger partial charge in [-0.1, -0.05) is 24.3 Å². The van der Waals surface area contributed by atoms with Crippen molar-refractivity contribution in [2.45, 2.75) is 33.7 Å². The molecule has 3 rings (SSSR count). The lowest BCUT2D eigenvalue weighted by Gasteiger charge is -2.10. The molecule has 0 radical (unpaired) electrons. The second-order valence-corrected chi connectivity index (χ2v) is 7.82. The van der Waals surface area contributed by atoms with Gasteiger partial charge in [0.15, 0.2) is 0 Å². The molecule has 0 fully saturated rings. The lowest BCUT2D eigenvalue weighted by atomic mass is 10.1. The number of aliphatic imine (C=N–C) groups is 1. The van der Waals surface area contributed by atoms with E-state index in [-0.39, 0.29) is 0 Å². The van der Waals surface area contributed by atoms with Crippen LogP contribution in [-0.2, 0) is 13.0 Å². The summed E-state index contributed by atoms with van der Waals surface area (Å²) in [5.74, 6) is 0. The molecule has 0 atom stereocenters. The highest BCUT2D eigenvalue weighted by Gasteiger charge is 2.10. The van der Waals surface area contributed by atoms with Crippen LogP contribution in [0, 0.1) is 13.8 Å². The minimum absolute atomic E-state index is 0.557. The number of aromatic nitrogens is 2. The lowest BCUT2D eigenvalue weighted by Crippen LogP contribution is -2.14. The Bertz CT molecular complexity index is 960. The quantitative estimate of drug-likeness (QED) is 0.475. The Kier molecular flexibility index (Phi) is 6.54. The van der Waals surface area contributed by atoms with E-state index in [9.17, 15) is 0 Å². The maximum absolute atomic E-state index is 5.67. The summed E-state index contributed by atoms with van der Waals surface area (Å²) in [4.78, 5) is 16.2. The number of pyridine rings is 1. The standard InChI is InChI=1S/C22H27N5S/c1-5-27(4)14-24-20-10-15(2)19(25-16(20)3)11-22-26-21(13-28-22)18-8-6-17(12-23)7-9-18/h6-10,13-14H,5,11-12,23H2,1-4H3. The molecule has 0 bridgehead atoms. The molecule has 0 spiro atoms. The summed E-state index contributed by atoms with van der Waals surface area (Å²) in [5, 5.41) is 3.17. The molecule has 0 aliphatic heterocycles. The molecule has 3 aromatic rings. The van der Waals surface area contributed by atoms with E-state index in [1.165, 1.54) is 0 Å². The van der Waals surface area contributed by atoms with E-state index >= 15 is 0 Å². The Morgan fingerprint density at radius 2 is 1.93 bits per heavy atom. The van der Waals surface area contributed by atoms with E-state index in [0.717, 1.165) is 57.4 Å². The monoisotopic (exact) mass is 393 g/mol. The molecule has 0 saturated heterocycles. The van der Waals surface area contributed by atoms with E-state index in [0.29, 0.717) is 6.54 Å². The van der Waals surface area contributed by atoms with Gasteiger partial charge in [0.25, 0.3) is 0 Å². The van der Waals surface area contributed by atoms with Crippen molar-refractivity contribution in [2.24, 2.45) is 10.7 Å². The molecule has 5 nitrogen and oxygen atoms in total. The molecule has 2 N–H and O–H groups in total. The fourth-order valence-corrected chi connectivity index (χ4v) is 3.58. The first-order valence-corrected chi connectivity index (χ1v) is 10.3. The molecule has 0 amide bonds. The van der Waals surface area contributed by atoms with Crippen molar-refractivity contribution in [3.63, 3.8) is 0 Å². The van der Waals surface area contributed by atoms with Crippen LogP contribution in [-0.4, -0.2) is 34.8 Å². The zero-order valence-electron chi connectivity index (χ0n) is 16.9. The molecule has 6 heteroatoms. The lowest BCUT2D eigenvalue weighted by molar-refractivity contribution is 0.552. The average Bonchev–Trinajstić information content (AvgIpc) is 3.17. The molecule has 2 aromatic heterocycles. The minimum Gasteiger partial charge on any atom is -0.366 e. The molecular weight excluding hydrogens is 366 g/mol. The Labute approximate surface area is 171 Å². The van der Waals surface area contributed by atoms with Gasteiger partial charge in [-0.25, -0.2) is 9.98 Å². The number of aryl methyl sites for hydroxylation is 2. The van der Waals surface area contributed by atoms with Crippen molar-refractivity contribution in [1.82, 2.24) is 14.9 Å². The molecule has 1 aromatic carbocycles. The van der Waals surface area contributed by atoms with Crippen molar-refractivity contribution in [3.8, 4) is 11.3 Å². The fraction of sp³-hybridized carbons (Fsp3) is 0.318. The van der Waals surface area contributed by atoms with Gasteiger partial charge in [0, 0.05) is 37.5 Å². The third-order valence-electron chi connectivity index (χ3n) is 4.73. The maximum Gasteiger partial charge on any atom is 0.0992 e. The summed E-state index contributed by atoms with van der Waals surface area (Å²) in [6, 6.07) is 10.4. The molecule has 146 valence electrons. The Morgan fingerprint density at radius 1 is 1.18 bits per heavy atom. The second-order valence-electron chi connectivity index (χ2n) is 6.88. The van der Waals surface area contributed by atoms with Gasteiger partial charge in [-0.2, -0.15) is 0 Å². The molecule has 0 aliphatic carbocycles. The number of nitrogens with two attached hydrogens (primary N) is 1. The Morgan fingerprint density at radius 3 is 2.61 bits per heavy atom. The molecule has 0 unspecified atom stereocenters. The van der Waals surface area contributed by atoms with E-state index in [1.807, 2.05) is 25.2 Å². The molecule has 0 aliphatic rings. The summed E-state index contributed by atoms with van der Waals surface area (Å²) in [6.45, 7) is 7.68. The largest absolute Gasteiger partial charge is 0.366 e. The van der Waals surface area contributed by atoms with Gasteiger partial charge in [0.2, 0.25) is 0 Å². The van der Waals surface area contributed by atoms with E-state index in [4.69, 9.17) is 15.7 Å². The van der Waals surface area contributed by atoms with E-state index in [1.54, 1.807) is 11.3 Å². The van der Waals surface area contributed by atoms with Gasteiger partial charge in [-0.05, 0) is 38.0 Å². The Hall–Kier alpha value is -2.57. The highest BCUT2D eigenvalue weighted by Crippen LogP contribution is 2.26. The summed E-state index contributed by atoms with van der Waals surface area (Å²) >= 11 is 1.67. The van der Waals surface area contributed by atoms with Gasteiger partial charge >= 0.3 is 0 Å². The predicted molar refractivity (Wildman–Crippen MR) is 118 cm³/mol. The number of hydrogen-bond acceptors (Lipinski definition) is 5. The highest BCUT2D eigenvalue weighted by atomic mass is 32.1. The van der Waals surface area contributed by atoms with Crippen LogP contribution in [0.1, 0.15) is 34.4 Å². The van der Waals surface area contributed by atoms with Crippen molar-refractivity contribution in [1.29, 1.82) is 0 Å². The topological polar surface area (TPSA) is 67.4 Å². The van der Waals surface area contributed by atoms with Crippen LogP contribution in [0.5, 0.6) is 0 Å². The number of benzene rings is 1. The van der Waals surface area contributed by atoms with Gasteiger partial charge in [0.1, 0.15) is 0 Å². The average molecular weight is 394 g/mol. The van der Waals surface area contributed by atoms with Gasteiger partial charge in [0.05, 0.1) is 34.1 Å². The summed E-state index contributed by atoms with van der Waals surface area (Å²) in [7, 11) is 2.01. The van der Waals surface area contributed by atoms with Crippen LogP contribution in [0.4, 0.5) is 5.69 Å². The zero-order valence-corrected chi connectivity index (χ0v) is 17.8. The van der Waals surface area contributed by atoms with Crippen LogP contribution in [0.15, 0.2) is 40.7 Å². The van der Waals surface area contributed by atoms with Crippen molar-refractivity contribution < 1.29 is 0 Å². The highest BCUT2D eigenvalue weighted by molar-refractivity contribution is 7.10. The summed E-state index contributed by atoms with van der Waals surface area (Å²) < 4.78 is 0. The smallest absolute Gasteiger partial charge is 0.0992 e. The maximum atomic E-state index is 5.67.